The van der Waals surface area contributed by atoms with Crippen LogP contribution in [0.1, 0.15) is 19.3 Å². The van der Waals surface area contributed by atoms with E-state index in [4.69, 9.17) is 27.9 Å². The van der Waals surface area contributed by atoms with Crippen molar-refractivity contribution in [3.05, 3.63) is 40.4 Å². The Balaban J connectivity index is 0.00000176. The molecule has 1 N–H and O–H groups in total. The SMILES string of the molecule is Cl.Clc1cc(Cl)c2ccccc2c1OCCC1CCNCC1. The Morgan fingerprint density at radius 2 is 1.73 bits per heavy atom. The predicted octanol–water partition coefficient (Wildman–Crippen LogP) is 5.34. The van der Waals surface area contributed by atoms with E-state index in [0.29, 0.717) is 16.7 Å². The Bertz CT molecular complexity index is 627. The second-order valence-corrected chi connectivity index (χ2v) is 6.36. The zero-order valence-electron chi connectivity index (χ0n) is 12.3. The van der Waals surface area contributed by atoms with Crippen molar-refractivity contribution in [3.63, 3.8) is 0 Å². The highest BCUT2D eigenvalue weighted by molar-refractivity contribution is 6.39. The summed E-state index contributed by atoms with van der Waals surface area (Å²) >= 11 is 12.6. The zero-order chi connectivity index (χ0) is 14.7. The van der Waals surface area contributed by atoms with Gasteiger partial charge in [0.15, 0.2) is 0 Å². The van der Waals surface area contributed by atoms with Crippen LogP contribution in [-0.2, 0) is 0 Å². The molecule has 2 aromatic rings. The lowest BCUT2D eigenvalue weighted by atomic mass is 9.95. The second kappa shape index (κ2) is 8.26. The summed E-state index contributed by atoms with van der Waals surface area (Å²) in [6, 6.07) is 9.72. The van der Waals surface area contributed by atoms with Gasteiger partial charge < -0.3 is 10.1 Å². The molecular formula is C17H20Cl3NO. The van der Waals surface area contributed by atoms with Gasteiger partial charge in [0.2, 0.25) is 0 Å². The summed E-state index contributed by atoms with van der Waals surface area (Å²) < 4.78 is 6.00. The Morgan fingerprint density at radius 1 is 1.05 bits per heavy atom. The number of halogens is 3. The largest absolute Gasteiger partial charge is 0.491 e. The van der Waals surface area contributed by atoms with E-state index < -0.39 is 0 Å². The molecule has 1 aliphatic rings. The van der Waals surface area contributed by atoms with Crippen molar-refractivity contribution in [2.45, 2.75) is 19.3 Å². The summed E-state index contributed by atoms with van der Waals surface area (Å²) in [6.45, 7) is 2.95. The monoisotopic (exact) mass is 359 g/mol. The summed E-state index contributed by atoms with van der Waals surface area (Å²) in [4.78, 5) is 0. The van der Waals surface area contributed by atoms with Crippen molar-refractivity contribution < 1.29 is 4.74 Å². The van der Waals surface area contributed by atoms with Crippen molar-refractivity contribution in [1.82, 2.24) is 5.32 Å². The fourth-order valence-corrected chi connectivity index (χ4v) is 3.51. The van der Waals surface area contributed by atoms with Crippen LogP contribution in [0.4, 0.5) is 0 Å². The van der Waals surface area contributed by atoms with E-state index in [2.05, 4.69) is 5.32 Å². The van der Waals surface area contributed by atoms with Gasteiger partial charge >= 0.3 is 0 Å². The molecule has 1 fully saturated rings. The highest BCUT2D eigenvalue weighted by Gasteiger charge is 2.15. The summed E-state index contributed by atoms with van der Waals surface area (Å²) in [6.07, 6.45) is 3.55. The van der Waals surface area contributed by atoms with Crippen LogP contribution in [0.2, 0.25) is 10.0 Å². The molecule has 0 amide bonds. The molecule has 0 aromatic heterocycles. The summed E-state index contributed by atoms with van der Waals surface area (Å²) in [5.41, 5.74) is 0. The zero-order valence-corrected chi connectivity index (χ0v) is 14.6. The third kappa shape index (κ3) is 3.99. The quantitative estimate of drug-likeness (QED) is 0.795. The minimum absolute atomic E-state index is 0. The van der Waals surface area contributed by atoms with Crippen molar-refractivity contribution in [2.75, 3.05) is 19.7 Å². The lowest BCUT2D eigenvalue weighted by Crippen LogP contribution is -2.28. The molecule has 0 unspecified atom stereocenters. The number of nitrogens with one attached hydrogen (secondary N) is 1. The lowest BCUT2D eigenvalue weighted by molar-refractivity contribution is 0.254. The fourth-order valence-electron chi connectivity index (χ4n) is 2.92. The topological polar surface area (TPSA) is 21.3 Å². The van der Waals surface area contributed by atoms with Crippen LogP contribution < -0.4 is 10.1 Å². The molecule has 1 saturated heterocycles. The first-order valence-electron chi connectivity index (χ1n) is 7.46. The van der Waals surface area contributed by atoms with Gasteiger partial charge in [0, 0.05) is 10.8 Å². The minimum atomic E-state index is 0. The number of hydrogen-bond donors (Lipinski definition) is 1. The van der Waals surface area contributed by atoms with E-state index in [0.717, 1.165) is 42.0 Å². The van der Waals surface area contributed by atoms with E-state index in [-0.39, 0.29) is 12.4 Å². The molecule has 120 valence electrons. The average Bonchev–Trinajstić information content (AvgIpc) is 2.51. The number of fused-ring (bicyclic) bond motifs is 1. The van der Waals surface area contributed by atoms with Crippen LogP contribution >= 0.6 is 35.6 Å². The van der Waals surface area contributed by atoms with Gasteiger partial charge in [0.1, 0.15) is 5.75 Å². The first-order valence-corrected chi connectivity index (χ1v) is 8.21. The van der Waals surface area contributed by atoms with E-state index in [1.54, 1.807) is 6.07 Å². The molecule has 0 radical (unpaired) electrons. The van der Waals surface area contributed by atoms with Gasteiger partial charge in [-0.1, -0.05) is 47.5 Å². The maximum Gasteiger partial charge on any atom is 0.145 e. The fraction of sp³-hybridized carbons (Fsp3) is 0.412. The predicted molar refractivity (Wildman–Crippen MR) is 96.9 cm³/mol. The van der Waals surface area contributed by atoms with Gasteiger partial charge in [0.05, 0.1) is 16.7 Å². The van der Waals surface area contributed by atoms with E-state index in [1.165, 1.54) is 12.8 Å². The molecule has 2 nitrogen and oxygen atoms in total. The van der Waals surface area contributed by atoms with E-state index in [9.17, 15) is 0 Å². The molecule has 1 aliphatic heterocycles. The minimum Gasteiger partial charge on any atom is -0.491 e. The molecule has 22 heavy (non-hydrogen) atoms. The molecule has 0 saturated carbocycles. The second-order valence-electron chi connectivity index (χ2n) is 5.55. The molecule has 5 heteroatoms. The smallest absolute Gasteiger partial charge is 0.145 e. The van der Waals surface area contributed by atoms with Crippen molar-refractivity contribution in [1.29, 1.82) is 0 Å². The number of piperidine rings is 1. The number of hydrogen-bond acceptors (Lipinski definition) is 2. The van der Waals surface area contributed by atoms with Gasteiger partial charge in [-0.15, -0.1) is 12.4 Å². The van der Waals surface area contributed by atoms with Crippen molar-refractivity contribution in [3.8, 4) is 5.75 Å². The normalized spacial score (nSPS) is 15.5. The lowest BCUT2D eigenvalue weighted by Gasteiger charge is -2.22. The van der Waals surface area contributed by atoms with Crippen LogP contribution in [-0.4, -0.2) is 19.7 Å². The molecular weight excluding hydrogens is 341 g/mol. The Kier molecular flexibility index (Phi) is 6.64. The first-order chi connectivity index (χ1) is 10.3. The Labute approximate surface area is 147 Å². The van der Waals surface area contributed by atoms with Crippen LogP contribution in [0.25, 0.3) is 10.8 Å². The van der Waals surface area contributed by atoms with Crippen LogP contribution in [0.15, 0.2) is 30.3 Å². The third-order valence-electron chi connectivity index (χ3n) is 4.13. The van der Waals surface area contributed by atoms with Crippen LogP contribution in [0, 0.1) is 5.92 Å². The van der Waals surface area contributed by atoms with Gasteiger partial charge in [-0.3, -0.25) is 0 Å². The molecule has 0 atom stereocenters. The highest BCUT2D eigenvalue weighted by Crippen LogP contribution is 2.38. The standard InChI is InChI=1S/C17H19Cl2NO.ClH/c18-15-11-16(19)17(14-4-2-1-3-13(14)15)21-10-7-12-5-8-20-9-6-12;/h1-4,11-12,20H,5-10H2;1H. The van der Waals surface area contributed by atoms with Crippen molar-refractivity contribution >= 4 is 46.4 Å². The Morgan fingerprint density at radius 3 is 2.45 bits per heavy atom. The molecule has 0 aliphatic carbocycles. The van der Waals surface area contributed by atoms with Crippen LogP contribution in [0.3, 0.4) is 0 Å². The maximum absolute atomic E-state index is 6.31. The molecule has 0 bridgehead atoms. The van der Waals surface area contributed by atoms with Gasteiger partial charge in [0.25, 0.3) is 0 Å². The molecule has 3 rings (SSSR count). The molecule has 0 spiro atoms. The Hall–Kier alpha value is -0.670. The number of rotatable bonds is 4. The highest BCUT2D eigenvalue weighted by atomic mass is 35.5. The molecule has 1 heterocycles. The van der Waals surface area contributed by atoms with E-state index >= 15 is 0 Å². The van der Waals surface area contributed by atoms with E-state index in [1.807, 2.05) is 24.3 Å². The first kappa shape index (κ1) is 17.7. The van der Waals surface area contributed by atoms with Gasteiger partial charge in [-0.2, -0.15) is 0 Å². The average molecular weight is 361 g/mol. The van der Waals surface area contributed by atoms with Gasteiger partial charge in [-0.05, 0) is 44.3 Å². The number of ether oxygens (including phenoxy) is 1. The summed E-state index contributed by atoms with van der Waals surface area (Å²) in [5, 5.41) is 6.61. The summed E-state index contributed by atoms with van der Waals surface area (Å²) in [5.74, 6) is 1.51. The van der Waals surface area contributed by atoms with Crippen LogP contribution in [0.5, 0.6) is 5.75 Å². The third-order valence-corrected chi connectivity index (χ3v) is 4.72. The van der Waals surface area contributed by atoms with Crippen molar-refractivity contribution in [2.24, 2.45) is 5.92 Å². The molecule has 2 aromatic carbocycles. The van der Waals surface area contributed by atoms with Gasteiger partial charge in [-0.25, -0.2) is 0 Å². The summed E-state index contributed by atoms with van der Waals surface area (Å²) in [7, 11) is 0. The maximum atomic E-state index is 6.31. The number of benzene rings is 2.